The highest BCUT2D eigenvalue weighted by Gasteiger charge is 2.41. The van der Waals surface area contributed by atoms with E-state index in [0.717, 1.165) is 22.2 Å². The first kappa shape index (κ1) is 22.0. The molecule has 1 fully saturated rings. The monoisotopic (exact) mass is 440 g/mol. The van der Waals surface area contributed by atoms with Gasteiger partial charge >= 0.3 is 0 Å². The third-order valence-corrected chi connectivity index (χ3v) is 6.17. The Labute approximate surface area is 185 Å². The molecule has 1 aliphatic heterocycles. The van der Waals surface area contributed by atoms with Crippen molar-refractivity contribution in [2.24, 2.45) is 0 Å². The van der Waals surface area contributed by atoms with Gasteiger partial charge < -0.3 is 29.3 Å². The fourth-order valence-corrected chi connectivity index (χ4v) is 4.41. The molecular weight excluding hydrogens is 412 g/mol. The minimum Gasteiger partial charge on any atom is -0.502 e. The van der Waals surface area contributed by atoms with Crippen molar-refractivity contribution in [1.29, 1.82) is 0 Å². The van der Waals surface area contributed by atoms with E-state index in [1.165, 1.54) is 6.07 Å². The molecule has 4 rings (SSSR count). The van der Waals surface area contributed by atoms with Gasteiger partial charge in [-0.05, 0) is 49.9 Å². The Kier molecular flexibility index (Phi) is 6.23. The topological polar surface area (TPSA) is 114 Å². The second-order valence-corrected chi connectivity index (χ2v) is 8.29. The average Bonchev–Trinajstić information content (AvgIpc) is 3.19. The van der Waals surface area contributed by atoms with Crippen LogP contribution in [-0.2, 0) is 21.4 Å². The second-order valence-electron chi connectivity index (χ2n) is 8.29. The molecule has 0 bridgehead atoms. The zero-order valence-electron chi connectivity index (χ0n) is 18.3. The number of carbonyl (C=O) groups is 1. The van der Waals surface area contributed by atoms with Crippen LogP contribution < -0.4 is 15.5 Å². The molecule has 3 N–H and O–H groups in total. The molecule has 3 aromatic rings. The van der Waals surface area contributed by atoms with E-state index in [1.54, 1.807) is 14.0 Å². The van der Waals surface area contributed by atoms with Gasteiger partial charge in [0.05, 0.1) is 7.11 Å². The van der Waals surface area contributed by atoms with Crippen LogP contribution in [0.1, 0.15) is 36.3 Å². The van der Waals surface area contributed by atoms with Crippen molar-refractivity contribution >= 4 is 16.8 Å². The van der Waals surface area contributed by atoms with Crippen LogP contribution in [0.15, 0.2) is 39.7 Å². The molecule has 3 heterocycles. The van der Waals surface area contributed by atoms with E-state index in [0.29, 0.717) is 44.8 Å². The lowest BCUT2D eigenvalue weighted by Crippen LogP contribution is -2.40. The summed E-state index contributed by atoms with van der Waals surface area (Å²) >= 11 is 0. The number of aromatic nitrogens is 1. The number of aryl methyl sites for hydroxylation is 1. The number of methoxy groups -OCH3 is 1. The molecule has 1 amide bonds. The van der Waals surface area contributed by atoms with Gasteiger partial charge in [0.2, 0.25) is 17.1 Å². The first-order chi connectivity index (χ1) is 15.4. The third-order valence-electron chi connectivity index (χ3n) is 6.17. The van der Waals surface area contributed by atoms with E-state index in [1.807, 2.05) is 24.4 Å². The first-order valence-corrected chi connectivity index (χ1v) is 10.7. The Hall–Kier alpha value is -3.26. The summed E-state index contributed by atoms with van der Waals surface area (Å²) in [6.45, 7) is 2.98. The summed E-state index contributed by atoms with van der Waals surface area (Å²) in [5.74, 6) is 0.794. The average molecular weight is 440 g/mol. The van der Waals surface area contributed by atoms with Crippen LogP contribution in [0.4, 0.5) is 0 Å². The number of hydrogen-bond acceptors (Lipinski definition) is 6. The molecule has 2 aromatic heterocycles. The number of nitrogens with one attached hydrogen (secondary N) is 2. The molecule has 32 heavy (non-hydrogen) atoms. The number of aromatic amines is 1. The second kappa shape index (κ2) is 9.08. The van der Waals surface area contributed by atoms with Crippen LogP contribution in [0.5, 0.6) is 11.5 Å². The minimum absolute atomic E-state index is 0.109. The van der Waals surface area contributed by atoms with E-state index >= 15 is 0 Å². The van der Waals surface area contributed by atoms with E-state index in [2.05, 4.69) is 10.3 Å². The zero-order chi connectivity index (χ0) is 22.7. The number of rotatable bonds is 7. The lowest BCUT2D eigenvalue weighted by Gasteiger charge is -2.35. The van der Waals surface area contributed by atoms with Crippen LogP contribution in [0.25, 0.3) is 10.9 Å². The smallest absolute Gasteiger partial charge is 0.227 e. The minimum atomic E-state index is -0.772. The highest BCUT2D eigenvalue weighted by atomic mass is 16.5. The van der Waals surface area contributed by atoms with Crippen molar-refractivity contribution in [3.05, 3.63) is 57.8 Å². The molecular formula is C24H28N2O6. The maximum Gasteiger partial charge on any atom is 0.227 e. The van der Waals surface area contributed by atoms with E-state index in [-0.39, 0.29) is 18.1 Å². The molecule has 0 atom stereocenters. The van der Waals surface area contributed by atoms with E-state index < -0.39 is 16.6 Å². The molecule has 0 radical (unpaired) electrons. The Morgan fingerprint density at radius 2 is 2.06 bits per heavy atom. The number of amides is 1. The molecule has 1 aromatic carbocycles. The number of aromatic hydroxyl groups is 1. The van der Waals surface area contributed by atoms with Gasteiger partial charge in [0, 0.05) is 54.8 Å². The number of benzene rings is 1. The van der Waals surface area contributed by atoms with Crippen LogP contribution in [0, 0.1) is 6.92 Å². The summed E-state index contributed by atoms with van der Waals surface area (Å²) in [7, 11) is 1.63. The standard InChI is InChI=1S/C24H28N2O6/c1-15-11-20(27)22(29)23(32-15)24(6-9-31-10-7-24)13-21(28)25-8-5-16-14-26-19-4-3-17(30-2)12-18(16)19/h3-4,11-12,14,26,29H,5-10,13H2,1-2H3,(H,25,28). The quantitative estimate of drug-likeness (QED) is 0.521. The maximum absolute atomic E-state index is 12.9. The summed E-state index contributed by atoms with van der Waals surface area (Å²) in [5.41, 5.74) is 0.830. The van der Waals surface area contributed by atoms with Crippen LogP contribution in [0.2, 0.25) is 0 Å². The Bertz CT molecular complexity index is 1170. The molecule has 170 valence electrons. The zero-order valence-corrected chi connectivity index (χ0v) is 18.3. The van der Waals surface area contributed by atoms with Crippen LogP contribution in [-0.4, -0.2) is 42.9 Å². The SMILES string of the molecule is COc1ccc2[nH]cc(CCNC(=O)CC3(c4oc(C)cc(=O)c4O)CCOCC3)c2c1. The van der Waals surface area contributed by atoms with Gasteiger partial charge in [-0.1, -0.05) is 0 Å². The Morgan fingerprint density at radius 1 is 1.28 bits per heavy atom. The summed E-state index contributed by atoms with van der Waals surface area (Å²) in [6.07, 6.45) is 3.68. The van der Waals surface area contributed by atoms with Gasteiger partial charge in [-0.25, -0.2) is 0 Å². The number of H-pyrrole nitrogens is 1. The van der Waals surface area contributed by atoms with Crippen LogP contribution >= 0.6 is 0 Å². The highest BCUT2D eigenvalue weighted by molar-refractivity contribution is 5.84. The first-order valence-electron chi connectivity index (χ1n) is 10.7. The van der Waals surface area contributed by atoms with Crippen LogP contribution in [0.3, 0.4) is 0 Å². The lowest BCUT2D eigenvalue weighted by atomic mass is 9.74. The van der Waals surface area contributed by atoms with Gasteiger partial charge in [0.15, 0.2) is 5.76 Å². The third kappa shape index (κ3) is 4.36. The van der Waals surface area contributed by atoms with Crippen molar-refractivity contribution in [1.82, 2.24) is 10.3 Å². The number of carbonyl (C=O) groups excluding carboxylic acids is 1. The van der Waals surface area contributed by atoms with Gasteiger partial charge in [-0.3, -0.25) is 9.59 Å². The Balaban J connectivity index is 1.47. The molecule has 8 heteroatoms. The van der Waals surface area contributed by atoms with Crippen molar-refractivity contribution in [2.75, 3.05) is 26.9 Å². The predicted octanol–water partition coefficient (Wildman–Crippen LogP) is 2.94. The summed E-state index contributed by atoms with van der Waals surface area (Å²) in [6, 6.07) is 7.09. The predicted molar refractivity (Wildman–Crippen MR) is 119 cm³/mol. The normalized spacial score (nSPS) is 15.6. The Morgan fingerprint density at radius 3 is 2.81 bits per heavy atom. The largest absolute Gasteiger partial charge is 0.502 e. The molecule has 1 saturated heterocycles. The molecule has 0 saturated carbocycles. The van der Waals surface area contributed by atoms with Gasteiger partial charge in [-0.2, -0.15) is 0 Å². The van der Waals surface area contributed by atoms with Crippen molar-refractivity contribution < 1.29 is 23.8 Å². The number of hydrogen-bond donors (Lipinski definition) is 3. The molecule has 0 aliphatic carbocycles. The fourth-order valence-electron chi connectivity index (χ4n) is 4.41. The summed E-state index contributed by atoms with van der Waals surface area (Å²) in [4.78, 5) is 28.3. The molecule has 1 aliphatic rings. The summed E-state index contributed by atoms with van der Waals surface area (Å²) < 4.78 is 16.5. The number of ether oxygens (including phenoxy) is 2. The van der Waals surface area contributed by atoms with Crippen molar-refractivity contribution in [3.63, 3.8) is 0 Å². The van der Waals surface area contributed by atoms with Crippen molar-refractivity contribution in [2.45, 2.75) is 38.0 Å². The van der Waals surface area contributed by atoms with Gasteiger partial charge in [0.25, 0.3) is 0 Å². The highest BCUT2D eigenvalue weighted by Crippen LogP contribution is 2.41. The molecule has 8 nitrogen and oxygen atoms in total. The maximum atomic E-state index is 12.9. The van der Waals surface area contributed by atoms with E-state index in [4.69, 9.17) is 13.9 Å². The fraction of sp³-hybridized carbons (Fsp3) is 0.417. The van der Waals surface area contributed by atoms with Crippen molar-refractivity contribution in [3.8, 4) is 11.5 Å². The molecule has 0 unspecified atom stereocenters. The number of fused-ring (bicyclic) bond motifs is 1. The van der Waals surface area contributed by atoms with E-state index in [9.17, 15) is 14.7 Å². The lowest BCUT2D eigenvalue weighted by molar-refractivity contribution is -0.123. The van der Waals surface area contributed by atoms with Gasteiger partial charge in [0.1, 0.15) is 11.5 Å². The summed E-state index contributed by atoms with van der Waals surface area (Å²) in [5, 5.41) is 14.4. The van der Waals surface area contributed by atoms with Gasteiger partial charge in [-0.15, -0.1) is 0 Å². The molecule has 0 spiro atoms.